The third-order valence-electron chi connectivity index (χ3n) is 3.47. The van der Waals surface area contributed by atoms with Crippen molar-refractivity contribution >= 4 is 21.6 Å². The van der Waals surface area contributed by atoms with Gasteiger partial charge in [0.1, 0.15) is 17.3 Å². The molecule has 0 aromatic carbocycles. The minimum Gasteiger partial charge on any atom is -0.385 e. The summed E-state index contributed by atoms with van der Waals surface area (Å²) < 4.78 is 27.9. The lowest BCUT2D eigenvalue weighted by atomic mass is 10.2. The molecule has 2 N–H and O–H groups in total. The van der Waals surface area contributed by atoms with Crippen molar-refractivity contribution in [1.82, 2.24) is 15.3 Å². The van der Waals surface area contributed by atoms with Gasteiger partial charge in [0.25, 0.3) is 5.91 Å². The van der Waals surface area contributed by atoms with Gasteiger partial charge in [-0.05, 0) is 19.8 Å². The molecule has 1 atom stereocenters. The number of carbonyl (C=O) groups excluding carboxylic acids is 1. The van der Waals surface area contributed by atoms with Gasteiger partial charge in [-0.2, -0.15) is 0 Å². The number of aromatic nitrogens is 2. The van der Waals surface area contributed by atoms with Crippen LogP contribution in [0.1, 0.15) is 29.2 Å². The number of nitrogens with one attached hydrogen (secondary N) is 2. The van der Waals surface area contributed by atoms with E-state index in [1.54, 1.807) is 20.1 Å². The van der Waals surface area contributed by atoms with E-state index in [2.05, 4.69) is 20.6 Å². The fourth-order valence-electron chi connectivity index (χ4n) is 2.38. The zero-order valence-electron chi connectivity index (χ0n) is 13.3. The van der Waals surface area contributed by atoms with Crippen LogP contribution in [0.3, 0.4) is 0 Å². The van der Waals surface area contributed by atoms with Crippen LogP contribution in [-0.2, 0) is 14.6 Å². The molecule has 1 aliphatic rings. The van der Waals surface area contributed by atoms with E-state index in [-0.39, 0.29) is 29.1 Å². The SMILES string of the molecule is COCCCNc1cc(C(=O)NC2CCS(=O)(=O)C2)nc(C)n1. The van der Waals surface area contributed by atoms with Gasteiger partial charge in [0.15, 0.2) is 9.84 Å². The molecule has 128 valence electrons. The van der Waals surface area contributed by atoms with Crippen LogP contribution in [0.2, 0.25) is 0 Å². The highest BCUT2D eigenvalue weighted by molar-refractivity contribution is 7.91. The largest absolute Gasteiger partial charge is 0.385 e. The van der Waals surface area contributed by atoms with Crippen LogP contribution in [0, 0.1) is 6.92 Å². The summed E-state index contributed by atoms with van der Waals surface area (Å²) in [5.41, 5.74) is 0.232. The van der Waals surface area contributed by atoms with Gasteiger partial charge in [-0.3, -0.25) is 4.79 Å². The van der Waals surface area contributed by atoms with Gasteiger partial charge in [-0.15, -0.1) is 0 Å². The quantitative estimate of drug-likeness (QED) is 0.679. The lowest BCUT2D eigenvalue weighted by molar-refractivity contribution is 0.0935. The van der Waals surface area contributed by atoms with E-state index in [0.717, 1.165) is 6.42 Å². The predicted octanol–water partition coefficient (Wildman–Crippen LogP) is 0.150. The lowest BCUT2D eigenvalue weighted by Gasteiger charge is -2.12. The first kappa shape index (κ1) is 17.6. The van der Waals surface area contributed by atoms with Crippen LogP contribution in [0.4, 0.5) is 5.82 Å². The third kappa shape index (κ3) is 5.43. The summed E-state index contributed by atoms with van der Waals surface area (Å²) in [7, 11) is -1.39. The minimum atomic E-state index is -3.03. The first-order chi connectivity index (χ1) is 10.9. The Morgan fingerprint density at radius 1 is 1.43 bits per heavy atom. The van der Waals surface area contributed by atoms with E-state index >= 15 is 0 Å². The van der Waals surface area contributed by atoms with Gasteiger partial charge >= 0.3 is 0 Å². The van der Waals surface area contributed by atoms with E-state index in [4.69, 9.17) is 4.74 Å². The topological polar surface area (TPSA) is 110 Å². The number of amides is 1. The fraction of sp³-hybridized carbons (Fsp3) is 0.643. The second kappa shape index (κ2) is 7.69. The average Bonchev–Trinajstić information content (AvgIpc) is 2.82. The van der Waals surface area contributed by atoms with Crippen molar-refractivity contribution in [1.29, 1.82) is 0 Å². The zero-order valence-corrected chi connectivity index (χ0v) is 14.1. The van der Waals surface area contributed by atoms with Crippen molar-refractivity contribution in [2.45, 2.75) is 25.8 Å². The fourth-order valence-corrected chi connectivity index (χ4v) is 4.05. The summed E-state index contributed by atoms with van der Waals surface area (Å²) in [6.07, 6.45) is 1.27. The van der Waals surface area contributed by atoms with Gasteiger partial charge in [0.05, 0.1) is 11.5 Å². The molecule has 1 unspecified atom stereocenters. The maximum absolute atomic E-state index is 12.2. The van der Waals surface area contributed by atoms with Gasteiger partial charge < -0.3 is 15.4 Å². The Morgan fingerprint density at radius 2 is 2.22 bits per heavy atom. The number of sulfone groups is 1. The van der Waals surface area contributed by atoms with E-state index in [9.17, 15) is 13.2 Å². The van der Waals surface area contributed by atoms with Crippen LogP contribution < -0.4 is 10.6 Å². The molecule has 1 fully saturated rings. The second-order valence-corrected chi connectivity index (χ2v) is 7.76. The monoisotopic (exact) mass is 342 g/mol. The number of methoxy groups -OCH3 is 1. The van der Waals surface area contributed by atoms with Crippen LogP contribution in [0.5, 0.6) is 0 Å². The summed E-state index contributed by atoms with van der Waals surface area (Å²) in [4.78, 5) is 20.6. The van der Waals surface area contributed by atoms with Gasteiger partial charge in [-0.25, -0.2) is 18.4 Å². The van der Waals surface area contributed by atoms with Crippen LogP contribution >= 0.6 is 0 Å². The number of rotatable bonds is 7. The Bertz CT molecular complexity index is 663. The number of carbonyl (C=O) groups is 1. The molecule has 1 amide bonds. The smallest absolute Gasteiger partial charge is 0.270 e. The van der Waals surface area contributed by atoms with E-state index in [0.29, 0.717) is 31.2 Å². The Hall–Kier alpha value is -1.74. The summed E-state index contributed by atoms with van der Waals surface area (Å²) in [6, 6.07) is 1.22. The Balaban J connectivity index is 1.98. The summed E-state index contributed by atoms with van der Waals surface area (Å²) >= 11 is 0. The van der Waals surface area contributed by atoms with E-state index in [1.807, 2.05) is 0 Å². The van der Waals surface area contributed by atoms with Gasteiger partial charge in [-0.1, -0.05) is 0 Å². The Labute approximate surface area is 136 Å². The molecule has 9 heteroatoms. The van der Waals surface area contributed by atoms with Gasteiger partial charge in [0, 0.05) is 32.4 Å². The maximum atomic E-state index is 12.2. The highest BCUT2D eigenvalue weighted by atomic mass is 32.2. The molecule has 2 heterocycles. The second-order valence-electron chi connectivity index (χ2n) is 5.53. The number of hydrogen-bond donors (Lipinski definition) is 2. The van der Waals surface area contributed by atoms with Gasteiger partial charge in [0.2, 0.25) is 0 Å². The highest BCUT2D eigenvalue weighted by Gasteiger charge is 2.29. The molecule has 1 aromatic rings. The van der Waals surface area contributed by atoms with Crippen molar-refractivity contribution in [3.05, 3.63) is 17.6 Å². The van der Waals surface area contributed by atoms with Crippen LogP contribution in [0.25, 0.3) is 0 Å². The standard InChI is InChI=1S/C14H22N4O4S/c1-10-16-12(8-13(17-10)15-5-3-6-22-2)14(19)18-11-4-7-23(20,21)9-11/h8,11H,3-7,9H2,1-2H3,(H,18,19)(H,15,16,17). The first-order valence-corrected chi connectivity index (χ1v) is 9.31. The minimum absolute atomic E-state index is 0.00900. The van der Waals surface area contributed by atoms with Crippen molar-refractivity contribution in [3.63, 3.8) is 0 Å². The Morgan fingerprint density at radius 3 is 2.87 bits per heavy atom. The van der Waals surface area contributed by atoms with Crippen molar-refractivity contribution in [3.8, 4) is 0 Å². The van der Waals surface area contributed by atoms with Crippen molar-refractivity contribution in [2.75, 3.05) is 37.1 Å². The van der Waals surface area contributed by atoms with E-state index < -0.39 is 9.84 Å². The number of nitrogens with zero attached hydrogens (tertiary/aromatic N) is 2. The molecule has 0 radical (unpaired) electrons. The molecule has 0 aliphatic carbocycles. The average molecular weight is 342 g/mol. The molecular weight excluding hydrogens is 320 g/mol. The molecule has 1 saturated heterocycles. The van der Waals surface area contributed by atoms with Crippen molar-refractivity contribution < 1.29 is 17.9 Å². The van der Waals surface area contributed by atoms with Crippen molar-refractivity contribution in [2.24, 2.45) is 0 Å². The molecule has 1 aliphatic heterocycles. The molecule has 0 bridgehead atoms. The number of hydrogen-bond acceptors (Lipinski definition) is 7. The maximum Gasteiger partial charge on any atom is 0.270 e. The molecule has 0 saturated carbocycles. The Kier molecular flexibility index (Phi) is 5.89. The first-order valence-electron chi connectivity index (χ1n) is 7.49. The summed E-state index contributed by atoms with van der Waals surface area (Å²) in [5.74, 6) is 0.777. The predicted molar refractivity (Wildman–Crippen MR) is 86.3 cm³/mol. The molecule has 23 heavy (non-hydrogen) atoms. The summed E-state index contributed by atoms with van der Waals surface area (Å²) in [6.45, 7) is 3.02. The number of anilines is 1. The zero-order chi connectivity index (χ0) is 16.9. The van der Waals surface area contributed by atoms with Crippen LogP contribution in [0.15, 0.2) is 6.07 Å². The molecular formula is C14H22N4O4S. The normalized spacial score (nSPS) is 19.5. The molecule has 8 nitrogen and oxygen atoms in total. The number of aryl methyl sites for hydroxylation is 1. The van der Waals surface area contributed by atoms with Crippen LogP contribution in [-0.4, -0.2) is 62.1 Å². The molecule has 0 spiro atoms. The summed E-state index contributed by atoms with van der Waals surface area (Å²) in [5, 5.41) is 5.84. The lowest BCUT2D eigenvalue weighted by Crippen LogP contribution is -2.36. The van der Waals surface area contributed by atoms with E-state index in [1.165, 1.54) is 0 Å². The molecule has 1 aromatic heterocycles. The highest BCUT2D eigenvalue weighted by Crippen LogP contribution is 2.13. The number of ether oxygens (including phenoxy) is 1. The molecule has 2 rings (SSSR count). The third-order valence-corrected chi connectivity index (χ3v) is 5.24.